The van der Waals surface area contributed by atoms with E-state index in [9.17, 15) is 31.2 Å². The van der Waals surface area contributed by atoms with Crippen LogP contribution in [0.2, 0.25) is 0 Å². The minimum atomic E-state index is -3.55. The number of sulfone groups is 2. The molecule has 64 heavy (non-hydrogen) atoms. The van der Waals surface area contributed by atoms with Gasteiger partial charge in [-0.2, -0.15) is 0 Å². The number of amides is 1. The number of carbonyl (C=O) groups excluding carboxylic acids is 2. The van der Waals surface area contributed by atoms with Crippen LogP contribution in [0.5, 0.6) is 11.5 Å². The van der Waals surface area contributed by atoms with E-state index in [4.69, 9.17) is 48.1 Å². The zero-order chi connectivity index (χ0) is 48.6. The molecule has 2 aromatic carbocycles. The number of carboxylic acid groups (broad SMARTS) is 1. The summed E-state index contributed by atoms with van der Waals surface area (Å²) in [7, 11) is -2.25. The number of likely N-dealkylation sites (N-methyl/N-ethyl adjacent to an activating group) is 2. The molecule has 1 amide bonds. The SMILES string of the molecule is CCC1CCCN1CNC(=O)c1cc(S(=O)(=O)CC)c(N)cc1OC.CCN1CCC[C@@H]1CN.CCOC(=O)Cl.CCS(=O)(=O)c1cc(C(=O)O)c(OC)cc1N.CN1CCOCC1. The minimum Gasteiger partial charge on any atom is -0.496 e. The number of anilines is 2. The highest BCUT2D eigenvalue weighted by molar-refractivity contribution is 7.91. The third-order valence-electron chi connectivity index (χ3n) is 10.7. The van der Waals surface area contributed by atoms with Gasteiger partial charge in [-0.15, -0.1) is 0 Å². The third-order valence-corrected chi connectivity index (χ3v) is 14.3. The monoisotopic (exact) mass is 965 g/mol. The van der Waals surface area contributed by atoms with Crippen molar-refractivity contribution in [2.45, 2.75) is 88.6 Å². The van der Waals surface area contributed by atoms with E-state index in [0.29, 0.717) is 25.4 Å². The molecular weight excluding hydrogens is 894 g/mol. The fourth-order valence-corrected chi connectivity index (χ4v) is 9.03. The Morgan fingerprint density at radius 2 is 1.28 bits per heavy atom. The van der Waals surface area contributed by atoms with E-state index in [2.05, 4.69) is 45.6 Å². The molecule has 2 aromatic rings. The molecule has 22 heteroatoms. The van der Waals surface area contributed by atoms with E-state index in [1.54, 1.807) is 6.92 Å². The topological polar surface area (TPSA) is 276 Å². The van der Waals surface area contributed by atoms with Gasteiger partial charge in [0.2, 0.25) is 0 Å². The molecule has 3 heterocycles. The van der Waals surface area contributed by atoms with Crippen LogP contribution in [0.15, 0.2) is 34.1 Å². The van der Waals surface area contributed by atoms with Crippen molar-refractivity contribution < 1.29 is 55.3 Å². The second kappa shape index (κ2) is 29.5. The largest absolute Gasteiger partial charge is 0.496 e. The van der Waals surface area contributed by atoms with Crippen LogP contribution in [0, 0.1) is 0 Å². The summed E-state index contributed by atoms with van der Waals surface area (Å²) in [5.41, 5.74) is 16.2. The molecule has 0 aliphatic carbocycles. The van der Waals surface area contributed by atoms with Gasteiger partial charge in [-0.3, -0.25) is 14.6 Å². The molecular formula is C42H72ClN7O12S2. The fraction of sp³-hybridized carbons (Fsp3) is 0.643. The summed E-state index contributed by atoms with van der Waals surface area (Å²) in [6.45, 7) is 18.1. The molecule has 3 saturated heterocycles. The van der Waals surface area contributed by atoms with Crippen LogP contribution in [0.4, 0.5) is 16.2 Å². The first-order valence-electron chi connectivity index (χ1n) is 21.4. The Labute approximate surface area is 385 Å². The highest BCUT2D eigenvalue weighted by Crippen LogP contribution is 2.31. The minimum absolute atomic E-state index is 0.0197. The Morgan fingerprint density at radius 1 is 0.797 bits per heavy atom. The number of nitrogen functional groups attached to an aromatic ring is 2. The summed E-state index contributed by atoms with van der Waals surface area (Å²) in [4.78, 5) is 39.9. The Balaban J connectivity index is 0.000000448. The predicted molar refractivity (Wildman–Crippen MR) is 250 cm³/mol. The Morgan fingerprint density at radius 3 is 1.64 bits per heavy atom. The van der Waals surface area contributed by atoms with Crippen molar-refractivity contribution in [1.29, 1.82) is 0 Å². The maximum absolute atomic E-state index is 12.6. The number of nitrogens with zero attached hydrogens (tertiary/aromatic N) is 3. The van der Waals surface area contributed by atoms with Crippen LogP contribution in [-0.2, 0) is 29.1 Å². The highest BCUT2D eigenvalue weighted by atomic mass is 35.5. The van der Waals surface area contributed by atoms with Crippen LogP contribution >= 0.6 is 11.6 Å². The highest BCUT2D eigenvalue weighted by Gasteiger charge is 2.26. The molecule has 0 spiro atoms. The number of benzene rings is 2. The van der Waals surface area contributed by atoms with Gasteiger partial charge in [0.1, 0.15) is 17.1 Å². The van der Waals surface area contributed by atoms with E-state index < -0.39 is 31.1 Å². The lowest BCUT2D eigenvalue weighted by Crippen LogP contribution is -2.40. The lowest BCUT2D eigenvalue weighted by Gasteiger charge is -2.23. The Hall–Kier alpha value is -3.96. The number of carbonyl (C=O) groups is 3. The number of halogens is 1. The van der Waals surface area contributed by atoms with Crippen LogP contribution in [0.25, 0.3) is 0 Å². The number of ether oxygens (including phenoxy) is 4. The molecule has 19 nitrogen and oxygen atoms in total. The molecule has 1 unspecified atom stereocenters. The number of nitrogens with one attached hydrogen (secondary N) is 1. The number of hydrogen-bond acceptors (Lipinski definition) is 17. The van der Waals surface area contributed by atoms with Crippen molar-refractivity contribution in [2.75, 3.05) is 110 Å². The van der Waals surface area contributed by atoms with E-state index in [-0.39, 0.29) is 61.2 Å². The van der Waals surface area contributed by atoms with Crippen molar-refractivity contribution in [3.63, 3.8) is 0 Å². The van der Waals surface area contributed by atoms with E-state index in [1.165, 1.54) is 72.2 Å². The van der Waals surface area contributed by atoms with Crippen LogP contribution in [-0.4, -0.2) is 165 Å². The number of morpholine rings is 1. The molecule has 2 atom stereocenters. The van der Waals surface area contributed by atoms with E-state index in [1.807, 2.05) is 0 Å². The Bertz CT molecular complexity index is 1980. The van der Waals surface area contributed by atoms with Crippen molar-refractivity contribution in [3.05, 3.63) is 35.4 Å². The molecule has 0 radical (unpaired) electrons. The van der Waals surface area contributed by atoms with Crippen molar-refractivity contribution in [1.82, 2.24) is 20.0 Å². The smallest absolute Gasteiger partial charge is 0.403 e. The summed E-state index contributed by atoms with van der Waals surface area (Å²) in [5.74, 6) is -1.58. The number of aromatic carboxylic acids is 1. The summed E-state index contributed by atoms with van der Waals surface area (Å²) < 4.78 is 67.0. The number of hydrogen-bond donors (Lipinski definition) is 5. The van der Waals surface area contributed by atoms with Gasteiger partial charge in [0, 0.05) is 62.0 Å². The number of rotatable bonds is 14. The van der Waals surface area contributed by atoms with Crippen LogP contribution in [0.3, 0.4) is 0 Å². The normalized spacial score (nSPS) is 17.7. The average molecular weight is 967 g/mol. The number of nitrogens with two attached hydrogens (primary N) is 3. The zero-order valence-electron chi connectivity index (χ0n) is 38.7. The first-order chi connectivity index (χ1) is 30.2. The lowest BCUT2D eigenvalue weighted by molar-refractivity contribution is 0.0503. The first-order valence-corrected chi connectivity index (χ1v) is 25.1. The van der Waals surface area contributed by atoms with Crippen LogP contribution in [0.1, 0.15) is 87.4 Å². The van der Waals surface area contributed by atoms with Gasteiger partial charge in [0.05, 0.1) is 78.9 Å². The third kappa shape index (κ3) is 18.9. The van der Waals surface area contributed by atoms with Gasteiger partial charge in [-0.05, 0) is 71.3 Å². The fourth-order valence-electron chi connectivity index (χ4n) is 6.86. The quantitative estimate of drug-likeness (QED) is 0.131. The number of carboxylic acids is 1. The van der Waals surface area contributed by atoms with Gasteiger partial charge in [0.15, 0.2) is 19.7 Å². The number of methoxy groups -OCH3 is 2. The zero-order valence-corrected chi connectivity index (χ0v) is 41.1. The van der Waals surface area contributed by atoms with E-state index >= 15 is 0 Å². The molecule has 3 aliphatic heterocycles. The number of likely N-dealkylation sites (tertiary alicyclic amines) is 2. The first kappa shape index (κ1) is 58.1. The van der Waals surface area contributed by atoms with Gasteiger partial charge >= 0.3 is 11.4 Å². The van der Waals surface area contributed by atoms with Gasteiger partial charge < -0.3 is 51.5 Å². The van der Waals surface area contributed by atoms with Crippen LogP contribution < -0.4 is 32.0 Å². The second-order valence-corrected chi connectivity index (χ2v) is 19.5. The predicted octanol–water partition coefficient (Wildman–Crippen LogP) is 4.16. The maximum Gasteiger partial charge on any atom is 0.403 e. The van der Waals surface area contributed by atoms with Gasteiger partial charge in [-0.25, -0.2) is 26.4 Å². The molecule has 0 saturated carbocycles. The standard InChI is InChI=1S/C17H27N3O4S.C10H13NO5S.C7H16N2.C5H11NO.C3H5ClO2/c1-4-12-7-6-8-20(12)11-19-17(21)13-9-16(25(22,23)5-2)14(18)10-15(13)24-3;1-3-17(14,15)9-4-6(10(12)13)8(16-2)5-7(9)11;1-2-9-5-3-4-7(9)6-8;1-6-2-4-7-5-3-6;1-2-6-3(4)5/h9-10,12H,4-8,11,18H2,1-3H3,(H,19,21);4-5H,3,11H2,1-2H3,(H,12,13);7H,2-6,8H2,1H3;2-5H2,1H3;2H2,1H3/t;;7-;;/m..1../s1. The average Bonchev–Trinajstić information content (AvgIpc) is 3.95. The van der Waals surface area contributed by atoms with Crippen molar-refractivity contribution in [2.24, 2.45) is 5.73 Å². The molecule has 3 fully saturated rings. The molecule has 8 N–H and O–H groups in total. The molecule has 3 aliphatic rings. The van der Waals surface area contributed by atoms with E-state index in [0.717, 1.165) is 64.7 Å². The molecule has 5 rings (SSSR count). The summed E-state index contributed by atoms with van der Waals surface area (Å²) in [5, 5.41) is 11.8. The van der Waals surface area contributed by atoms with Crippen molar-refractivity contribution in [3.8, 4) is 11.5 Å². The second-order valence-electron chi connectivity index (χ2n) is 14.7. The molecule has 0 bridgehead atoms. The molecule has 366 valence electrons. The summed E-state index contributed by atoms with van der Waals surface area (Å²) in [6, 6.07) is 6.09. The maximum atomic E-state index is 12.6. The lowest BCUT2D eigenvalue weighted by atomic mass is 10.1. The summed E-state index contributed by atoms with van der Waals surface area (Å²) >= 11 is 4.72. The van der Waals surface area contributed by atoms with Gasteiger partial charge in [-0.1, -0.05) is 27.7 Å². The Kier molecular flexibility index (Phi) is 26.8. The summed E-state index contributed by atoms with van der Waals surface area (Å²) in [6.07, 6.45) is 5.95. The van der Waals surface area contributed by atoms with Crippen molar-refractivity contribution >= 4 is 60.0 Å². The van der Waals surface area contributed by atoms with Gasteiger partial charge in [0.25, 0.3) is 5.91 Å². The molecule has 0 aromatic heterocycles.